The van der Waals surface area contributed by atoms with E-state index in [4.69, 9.17) is 5.73 Å². The van der Waals surface area contributed by atoms with Crippen molar-refractivity contribution in [3.05, 3.63) is 0 Å². The van der Waals surface area contributed by atoms with E-state index >= 15 is 0 Å². The second-order valence-corrected chi connectivity index (χ2v) is 11.5. The fourth-order valence-corrected chi connectivity index (χ4v) is 9.07. The van der Waals surface area contributed by atoms with Gasteiger partial charge in [0.2, 0.25) is 0 Å². The van der Waals surface area contributed by atoms with Gasteiger partial charge in [-0.15, -0.1) is 0 Å². The van der Waals surface area contributed by atoms with Gasteiger partial charge in [0.15, 0.2) is 0 Å². The lowest BCUT2D eigenvalue weighted by Crippen LogP contribution is -2.60. The van der Waals surface area contributed by atoms with Crippen molar-refractivity contribution in [2.45, 2.75) is 91.6 Å². The number of carbonyl (C=O) groups excluding carboxylic acids is 1. The zero-order valence-electron chi connectivity index (χ0n) is 18.6. The van der Waals surface area contributed by atoms with Gasteiger partial charge >= 0.3 is 0 Å². The van der Waals surface area contributed by atoms with Gasteiger partial charge in [0.25, 0.3) is 0 Å². The molecule has 0 aromatic carbocycles. The molecule has 160 valence electrons. The molecule has 28 heavy (non-hydrogen) atoms. The topological polar surface area (TPSA) is 63.3 Å². The number of ketones is 1. The Labute approximate surface area is 172 Å². The Morgan fingerprint density at radius 3 is 2.43 bits per heavy atom. The van der Waals surface area contributed by atoms with Crippen LogP contribution in [0.2, 0.25) is 0 Å². The van der Waals surface area contributed by atoms with Crippen LogP contribution in [0.1, 0.15) is 85.5 Å². The third-order valence-corrected chi connectivity index (χ3v) is 10.5. The molecule has 4 saturated carbocycles. The molecule has 0 bridgehead atoms. The molecule has 2 unspecified atom stereocenters. The number of rotatable bonds is 4. The predicted octanol–water partition coefficient (Wildman–Crippen LogP) is 4.81. The number of hydrogen-bond acceptors (Lipinski definition) is 3. The minimum Gasteiger partial charge on any atom is -0.393 e. The fourth-order valence-electron chi connectivity index (χ4n) is 9.07. The lowest BCUT2D eigenvalue weighted by molar-refractivity contribution is -0.173. The van der Waals surface area contributed by atoms with E-state index in [1.807, 2.05) is 0 Å². The lowest BCUT2D eigenvalue weighted by atomic mass is 9.42. The van der Waals surface area contributed by atoms with E-state index in [9.17, 15) is 9.90 Å². The molecule has 4 rings (SSSR count). The molecule has 4 fully saturated rings. The van der Waals surface area contributed by atoms with Crippen molar-refractivity contribution in [2.24, 2.45) is 58.0 Å². The number of fused-ring (bicyclic) bond motifs is 5. The van der Waals surface area contributed by atoms with Crippen LogP contribution >= 0.6 is 0 Å². The van der Waals surface area contributed by atoms with Crippen LogP contribution in [-0.2, 0) is 4.79 Å². The summed E-state index contributed by atoms with van der Waals surface area (Å²) in [6.07, 6.45) is 9.79. The normalized spacial score (nSPS) is 51.9. The van der Waals surface area contributed by atoms with Gasteiger partial charge in [0.05, 0.1) is 6.10 Å². The van der Waals surface area contributed by atoms with Crippen LogP contribution < -0.4 is 5.73 Å². The number of nitrogens with two attached hydrogens (primary N) is 1. The lowest BCUT2D eigenvalue weighted by Gasteiger charge is -2.62. The van der Waals surface area contributed by atoms with E-state index in [-0.39, 0.29) is 23.4 Å². The van der Waals surface area contributed by atoms with E-state index in [1.165, 1.54) is 25.7 Å². The number of hydrogen-bond donors (Lipinski definition) is 2. The Morgan fingerprint density at radius 1 is 1.07 bits per heavy atom. The third kappa shape index (κ3) is 2.86. The van der Waals surface area contributed by atoms with Gasteiger partial charge in [-0.25, -0.2) is 0 Å². The number of carbonyl (C=O) groups is 1. The highest BCUT2D eigenvalue weighted by Crippen LogP contribution is 2.68. The summed E-state index contributed by atoms with van der Waals surface area (Å²) in [6.45, 7) is 10.4. The van der Waals surface area contributed by atoms with Gasteiger partial charge in [-0.05, 0) is 105 Å². The zero-order chi connectivity index (χ0) is 20.3. The van der Waals surface area contributed by atoms with Crippen molar-refractivity contribution in [3.8, 4) is 0 Å². The molecular weight excluding hydrogens is 346 g/mol. The Kier molecular flexibility index (Phi) is 5.49. The summed E-state index contributed by atoms with van der Waals surface area (Å²) in [5.41, 5.74) is 6.47. The van der Waals surface area contributed by atoms with Crippen LogP contribution in [0.5, 0.6) is 0 Å². The summed E-state index contributed by atoms with van der Waals surface area (Å²) in [5.74, 6) is 3.93. The van der Waals surface area contributed by atoms with Crippen molar-refractivity contribution in [2.75, 3.05) is 6.54 Å². The number of aliphatic hydroxyl groups excluding tert-OH is 1. The van der Waals surface area contributed by atoms with Gasteiger partial charge in [-0.2, -0.15) is 0 Å². The third-order valence-electron chi connectivity index (χ3n) is 10.5. The summed E-state index contributed by atoms with van der Waals surface area (Å²) in [5, 5.41) is 10.4. The molecule has 4 aliphatic rings. The average Bonchev–Trinajstić information content (AvgIpc) is 3.01. The molecule has 0 aromatic rings. The summed E-state index contributed by atoms with van der Waals surface area (Å²) in [7, 11) is 0. The maximum absolute atomic E-state index is 13.9. The first-order valence-electron chi connectivity index (χ1n) is 12.2. The van der Waals surface area contributed by atoms with Crippen LogP contribution in [0.25, 0.3) is 0 Å². The van der Waals surface area contributed by atoms with Gasteiger partial charge in [0, 0.05) is 11.8 Å². The minimum absolute atomic E-state index is 0.170. The van der Waals surface area contributed by atoms with Crippen LogP contribution in [0.4, 0.5) is 0 Å². The van der Waals surface area contributed by atoms with E-state index in [2.05, 4.69) is 27.7 Å². The van der Waals surface area contributed by atoms with E-state index in [0.717, 1.165) is 44.6 Å². The highest BCUT2D eigenvalue weighted by Gasteiger charge is 2.64. The molecule has 0 heterocycles. The van der Waals surface area contributed by atoms with Crippen LogP contribution in [0, 0.1) is 52.3 Å². The molecule has 0 saturated heterocycles. The number of Topliss-reactive ketones (excluding diaryl/α,β-unsaturated/α-hetero) is 1. The van der Waals surface area contributed by atoms with E-state index < -0.39 is 0 Å². The van der Waals surface area contributed by atoms with Gasteiger partial charge in [-0.3, -0.25) is 4.79 Å². The number of aliphatic hydroxyl groups is 1. The summed E-state index contributed by atoms with van der Waals surface area (Å²) in [6, 6.07) is 0. The monoisotopic (exact) mass is 389 g/mol. The van der Waals surface area contributed by atoms with Gasteiger partial charge in [0.1, 0.15) is 5.78 Å². The van der Waals surface area contributed by atoms with Crippen molar-refractivity contribution in [3.63, 3.8) is 0 Å². The predicted molar refractivity (Wildman–Crippen MR) is 114 cm³/mol. The van der Waals surface area contributed by atoms with Crippen LogP contribution in [-0.4, -0.2) is 23.5 Å². The summed E-state index contributed by atoms with van der Waals surface area (Å²) in [4.78, 5) is 13.9. The molecule has 0 radical (unpaired) electrons. The zero-order valence-corrected chi connectivity index (χ0v) is 18.6. The molecule has 0 aliphatic heterocycles. The van der Waals surface area contributed by atoms with Crippen molar-refractivity contribution >= 4 is 5.78 Å². The van der Waals surface area contributed by atoms with Crippen LogP contribution in [0.15, 0.2) is 0 Å². The fraction of sp³-hybridized carbons (Fsp3) is 0.960. The SMILES string of the molecule is CC[C@@H]1C(=O)C2[C@@H]3CC[C@H]([C@H](C)CCN)[C@@]3(C)CC[C@@H]2[C@@]2(C)CC[C@@H](O)CC12. The average molecular weight is 390 g/mol. The minimum atomic E-state index is -0.196. The largest absolute Gasteiger partial charge is 0.393 e. The van der Waals surface area contributed by atoms with E-state index in [0.29, 0.717) is 34.9 Å². The van der Waals surface area contributed by atoms with Crippen molar-refractivity contribution in [1.82, 2.24) is 0 Å². The first kappa shape index (κ1) is 20.8. The smallest absolute Gasteiger partial charge is 0.139 e. The molecule has 0 spiro atoms. The Balaban J connectivity index is 1.68. The Morgan fingerprint density at radius 2 is 1.75 bits per heavy atom. The van der Waals surface area contributed by atoms with E-state index in [1.54, 1.807) is 0 Å². The Hall–Kier alpha value is -0.410. The summed E-state index contributed by atoms with van der Waals surface area (Å²) < 4.78 is 0. The molecule has 3 nitrogen and oxygen atoms in total. The molecule has 10 atom stereocenters. The Bertz CT molecular complexity index is 605. The second-order valence-electron chi connectivity index (χ2n) is 11.5. The highest BCUT2D eigenvalue weighted by atomic mass is 16.3. The molecule has 3 N–H and O–H groups in total. The first-order chi connectivity index (χ1) is 13.3. The molecule has 0 amide bonds. The molecule has 0 aromatic heterocycles. The molecule has 4 aliphatic carbocycles. The van der Waals surface area contributed by atoms with Gasteiger partial charge in [-0.1, -0.05) is 27.7 Å². The van der Waals surface area contributed by atoms with Crippen molar-refractivity contribution in [1.29, 1.82) is 0 Å². The van der Waals surface area contributed by atoms with Crippen LogP contribution in [0.3, 0.4) is 0 Å². The van der Waals surface area contributed by atoms with Crippen molar-refractivity contribution < 1.29 is 9.90 Å². The second kappa shape index (κ2) is 7.38. The first-order valence-corrected chi connectivity index (χ1v) is 12.2. The highest BCUT2D eigenvalue weighted by molar-refractivity contribution is 5.86. The molecule has 3 heteroatoms. The summed E-state index contributed by atoms with van der Waals surface area (Å²) >= 11 is 0. The molecular formula is C25H43NO2. The maximum atomic E-state index is 13.9. The van der Waals surface area contributed by atoms with Gasteiger partial charge < -0.3 is 10.8 Å². The quantitative estimate of drug-likeness (QED) is 0.725. The standard InChI is InChI=1S/C25H43NO2/c1-5-17-21-14-16(27)8-11-25(21,4)20-9-12-24(3)18(15(2)10-13-26)6-7-19(24)22(20)23(17)28/h15-22,27H,5-14,26H2,1-4H3/t15-,16-,17+,18-,19+,20+,21?,22?,24-,25-/m1/s1. The maximum Gasteiger partial charge on any atom is 0.139 e.